The van der Waals surface area contributed by atoms with E-state index in [2.05, 4.69) is 74.1 Å². The highest BCUT2D eigenvalue weighted by molar-refractivity contribution is 5.92. The second kappa shape index (κ2) is 22.4. The second-order valence-corrected chi connectivity index (χ2v) is 9.24. The predicted molar refractivity (Wildman–Crippen MR) is 149 cm³/mol. The van der Waals surface area contributed by atoms with Crippen LogP contribution in [0.2, 0.25) is 0 Å². The molecule has 0 radical (unpaired) electrons. The number of hydrogen-bond acceptors (Lipinski definition) is 6. The molecule has 0 aromatic rings. The van der Waals surface area contributed by atoms with Gasteiger partial charge in [0.1, 0.15) is 5.70 Å². The van der Waals surface area contributed by atoms with Gasteiger partial charge in [-0.2, -0.15) is 0 Å². The van der Waals surface area contributed by atoms with E-state index >= 15 is 0 Å². The minimum atomic E-state index is -0.139. The fourth-order valence-electron chi connectivity index (χ4n) is 3.80. The lowest BCUT2D eigenvalue weighted by Gasteiger charge is -2.23. The topological polar surface area (TPSA) is 75.2 Å². The Morgan fingerprint density at radius 1 is 1.11 bits per heavy atom. The van der Waals surface area contributed by atoms with E-state index < -0.39 is 0 Å². The van der Waals surface area contributed by atoms with Gasteiger partial charge in [-0.1, -0.05) is 39.8 Å². The predicted octanol–water partition coefficient (Wildman–Crippen LogP) is 4.92. The summed E-state index contributed by atoms with van der Waals surface area (Å²) >= 11 is 0. The maximum absolute atomic E-state index is 12.5. The zero-order valence-corrected chi connectivity index (χ0v) is 23.3. The van der Waals surface area contributed by atoms with Gasteiger partial charge in [0.15, 0.2) is 0 Å². The zero-order valence-electron chi connectivity index (χ0n) is 23.3. The van der Waals surface area contributed by atoms with Gasteiger partial charge in [0.25, 0.3) is 5.91 Å². The average molecular weight is 493 g/mol. The first-order valence-electron chi connectivity index (χ1n) is 13.2. The van der Waals surface area contributed by atoms with E-state index in [-0.39, 0.29) is 5.91 Å². The molecular weight excluding hydrogens is 440 g/mol. The minimum absolute atomic E-state index is 0.139. The van der Waals surface area contributed by atoms with Gasteiger partial charge in [-0.05, 0) is 63.8 Å². The maximum Gasteiger partial charge on any atom is 0.269 e. The molecule has 0 fully saturated rings. The van der Waals surface area contributed by atoms with E-state index in [1.165, 1.54) is 6.20 Å². The Hall–Kier alpha value is -2.12. The summed E-state index contributed by atoms with van der Waals surface area (Å²) in [5.41, 5.74) is 0.465. The molecule has 0 aliphatic carbocycles. The summed E-state index contributed by atoms with van der Waals surface area (Å²) in [5.74, 6) is 1.91. The van der Waals surface area contributed by atoms with Crippen molar-refractivity contribution >= 4 is 12.6 Å². The fourth-order valence-corrected chi connectivity index (χ4v) is 3.80. The summed E-state index contributed by atoms with van der Waals surface area (Å²) in [6.07, 6.45) is 14.0. The van der Waals surface area contributed by atoms with Crippen LogP contribution in [-0.2, 0) is 14.3 Å². The first-order chi connectivity index (χ1) is 16.9. The Labute approximate surface area is 215 Å². The van der Waals surface area contributed by atoms with Crippen LogP contribution in [0.3, 0.4) is 0 Å². The lowest BCUT2D eigenvalue weighted by atomic mass is 9.96. The summed E-state index contributed by atoms with van der Waals surface area (Å²) in [7, 11) is 3.81. The number of likely N-dealkylation sites (N-methyl/N-ethyl adjacent to an activating group) is 1. The van der Waals surface area contributed by atoms with Gasteiger partial charge in [0.2, 0.25) is 0 Å². The third kappa shape index (κ3) is 18.8. The van der Waals surface area contributed by atoms with Crippen molar-refractivity contribution < 1.29 is 14.3 Å². The van der Waals surface area contributed by atoms with Crippen molar-refractivity contribution in [3.8, 4) is 0 Å². The number of allylic oxidation sites excluding steroid dienone is 4. The second-order valence-electron chi connectivity index (χ2n) is 9.24. The lowest BCUT2D eigenvalue weighted by Crippen LogP contribution is -2.38. The molecule has 0 saturated heterocycles. The summed E-state index contributed by atoms with van der Waals surface area (Å²) < 4.78 is 10.8. The van der Waals surface area contributed by atoms with Gasteiger partial charge in [0, 0.05) is 45.8 Å². The monoisotopic (exact) mass is 492 g/mol. The Morgan fingerprint density at radius 3 is 2.54 bits per heavy atom. The molecule has 2 atom stereocenters. The van der Waals surface area contributed by atoms with E-state index in [0.29, 0.717) is 24.1 Å². The largest absolute Gasteiger partial charge is 0.501 e. The molecule has 2 unspecified atom stereocenters. The highest BCUT2D eigenvalue weighted by Crippen LogP contribution is 2.14. The van der Waals surface area contributed by atoms with Crippen LogP contribution < -0.4 is 10.6 Å². The summed E-state index contributed by atoms with van der Waals surface area (Å²) in [6, 6.07) is 0. The Kier molecular flexibility index (Phi) is 21.0. The number of carbonyl (C=O) groups is 1. The van der Waals surface area contributed by atoms with E-state index in [9.17, 15) is 4.79 Å². The van der Waals surface area contributed by atoms with Crippen molar-refractivity contribution in [3.63, 3.8) is 0 Å². The Morgan fingerprint density at radius 2 is 1.89 bits per heavy atom. The number of rotatable bonds is 22. The third-order valence-corrected chi connectivity index (χ3v) is 5.60. The van der Waals surface area contributed by atoms with E-state index in [0.717, 1.165) is 77.1 Å². The molecule has 7 nitrogen and oxygen atoms in total. The number of amides is 1. The molecule has 35 heavy (non-hydrogen) atoms. The maximum atomic E-state index is 12.5. The van der Waals surface area contributed by atoms with E-state index in [1.54, 1.807) is 7.11 Å². The van der Waals surface area contributed by atoms with E-state index in [1.807, 2.05) is 6.08 Å². The standard InChI is InChI=1S/C28H52N4O3/c1-8-19-35-20-12-10-11-16-30-27(22-29-5)28(33)31-17-18-32(6)23-25(4)21-24(3)14-13-15-26(9-2)34-7/h13-15,22,24-25,30H,5,8-12,16-21,23H2,1-4,6-7H3,(H,31,33)/b14-13-,26-15+,27-22-. The van der Waals surface area contributed by atoms with Crippen molar-refractivity contribution in [2.24, 2.45) is 16.8 Å². The molecule has 7 heteroatoms. The molecule has 0 aromatic heterocycles. The van der Waals surface area contributed by atoms with E-state index in [4.69, 9.17) is 9.47 Å². The first-order valence-corrected chi connectivity index (χ1v) is 13.2. The highest BCUT2D eigenvalue weighted by Gasteiger charge is 2.11. The van der Waals surface area contributed by atoms with Gasteiger partial charge in [0.05, 0.1) is 19.1 Å². The van der Waals surface area contributed by atoms with Gasteiger partial charge in [-0.15, -0.1) is 0 Å². The number of nitrogens with zero attached hydrogens (tertiary/aromatic N) is 2. The zero-order chi connectivity index (χ0) is 26.3. The molecular formula is C28H52N4O3. The number of nitrogens with one attached hydrogen (secondary N) is 2. The number of carbonyl (C=O) groups excluding carboxylic acids is 1. The summed E-state index contributed by atoms with van der Waals surface area (Å²) in [6.45, 7) is 16.9. The fraction of sp³-hybridized carbons (Fsp3) is 0.714. The molecule has 2 N–H and O–H groups in total. The first kappa shape index (κ1) is 32.9. The van der Waals surface area contributed by atoms with Crippen LogP contribution in [0.25, 0.3) is 0 Å². The normalized spacial score (nSPS) is 14.3. The van der Waals surface area contributed by atoms with Crippen LogP contribution in [-0.4, -0.2) is 71.1 Å². The number of ether oxygens (including phenoxy) is 2. The molecule has 0 rings (SSSR count). The lowest BCUT2D eigenvalue weighted by molar-refractivity contribution is -0.117. The van der Waals surface area contributed by atoms with Gasteiger partial charge in [-0.3, -0.25) is 9.79 Å². The van der Waals surface area contributed by atoms with Gasteiger partial charge < -0.3 is 25.0 Å². The quantitative estimate of drug-likeness (QED) is 0.0737. The van der Waals surface area contributed by atoms with Crippen molar-refractivity contribution in [3.05, 3.63) is 35.9 Å². The molecule has 0 spiro atoms. The van der Waals surface area contributed by atoms with Crippen LogP contribution in [0.5, 0.6) is 0 Å². The number of aliphatic imine (C=N–C) groups is 1. The van der Waals surface area contributed by atoms with Crippen molar-refractivity contribution in [2.75, 3.05) is 53.6 Å². The number of unbranched alkanes of at least 4 members (excludes halogenated alkanes) is 2. The molecule has 0 heterocycles. The number of hydrogen-bond donors (Lipinski definition) is 2. The van der Waals surface area contributed by atoms with Crippen LogP contribution in [0.15, 0.2) is 40.9 Å². The highest BCUT2D eigenvalue weighted by atomic mass is 16.5. The van der Waals surface area contributed by atoms with Crippen molar-refractivity contribution in [1.82, 2.24) is 15.5 Å². The third-order valence-electron chi connectivity index (χ3n) is 5.60. The summed E-state index contributed by atoms with van der Waals surface area (Å²) in [5, 5.41) is 6.18. The van der Waals surface area contributed by atoms with Crippen molar-refractivity contribution in [1.29, 1.82) is 0 Å². The molecule has 202 valence electrons. The SMILES string of the molecule is C=N/C=C(\NCCCCCOCCC)C(=O)NCCN(C)CC(C)CC(C)/C=C\C=C(/CC)OC. The van der Waals surface area contributed by atoms with Crippen LogP contribution in [0.1, 0.15) is 66.2 Å². The average Bonchev–Trinajstić information content (AvgIpc) is 2.82. The molecule has 0 aliphatic heterocycles. The minimum Gasteiger partial charge on any atom is -0.501 e. The molecule has 0 aromatic carbocycles. The van der Waals surface area contributed by atoms with Crippen LogP contribution >= 0.6 is 0 Å². The molecule has 0 aliphatic rings. The Balaban J connectivity index is 4.20. The van der Waals surface area contributed by atoms with Gasteiger partial charge in [-0.25, -0.2) is 0 Å². The molecule has 0 bridgehead atoms. The smallest absolute Gasteiger partial charge is 0.269 e. The molecule has 1 amide bonds. The van der Waals surface area contributed by atoms with Gasteiger partial charge >= 0.3 is 0 Å². The summed E-state index contributed by atoms with van der Waals surface area (Å²) in [4.78, 5) is 18.6. The van der Waals surface area contributed by atoms with Crippen LogP contribution in [0, 0.1) is 11.8 Å². The van der Waals surface area contributed by atoms with Crippen molar-refractivity contribution in [2.45, 2.75) is 66.2 Å². The molecule has 0 saturated carbocycles. The Bertz CT molecular complexity index is 640. The van der Waals surface area contributed by atoms with Crippen LogP contribution in [0.4, 0.5) is 0 Å². The number of methoxy groups -OCH3 is 1.